The van der Waals surface area contributed by atoms with Crippen molar-refractivity contribution in [2.24, 2.45) is 11.1 Å². The lowest BCUT2D eigenvalue weighted by molar-refractivity contribution is -0.124. The van der Waals surface area contributed by atoms with Crippen LogP contribution in [-0.4, -0.2) is 56.2 Å². The van der Waals surface area contributed by atoms with Crippen LogP contribution in [-0.2, 0) is 9.53 Å². The van der Waals surface area contributed by atoms with Gasteiger partial charge in [0.1, 0.15) is 0 Å². The van der Waals surface area contributed by atoms with Crippen LogP contribution in [0.15, 0.2) is 0 Å². The van der Waals surface area contributed by atoms with Gasteiger partial charge in [-0.25, -0.2) is 0 Å². The second-order valence-electron chi connectivity index (χ2n) is 5.94. The normalized spacial score (nSPS) is 19.6. The Morgan fingerprint density at radius 2 is 2.00 bits per heavy atom. The monoisotopic (exact) mass is 257 g/mol. The minimum Gasteiger partial charge on any atom is -0.379 e. The Morgan fingerprint density at radius 1 is 1.39 bits per heavy atom. The van der Waals surface area contributed by atoms with Crippen molar-refractivity contribution in [3.05, 3.63) is 0 Å². The summed E-state index contributed by atoms with van der Waals surface area (Å²) in [6.07, 6.45) is 0.961. The van der Waals surface area contributed by atoms with Crippen LogP contribution in [0.1, 0.15) is 27.2 Å². The zero-order valence-electron chi connectivity index (χ0n) is 11.9. The molecule has 1 unspecified atom stereocenters. The van der Waals surface area contributed by atoms with Crippen molar-refractivity contribution in [3.8, 4) is 0 Å². The Balaban J connectivity index is 2.11. The molecule has 1 fully saturated rings. The predicted molar refractivity (Wildman–Crippen MR) is 72.3 cm³/mol. The lowest BCUT2D eigenvalue weighted by Crippen LogP contribution is -2.49. The van der Waals surface area contributed by atoms with Crippen LogP contribution in [0.25, 0.3) is 0 Å². The highest BCUT2D eigenvalue weighted by Crippen LogP contribution is 2.16. The summed E-state index contributed by atoms with van der Waals surface area (Å²) in [5.41, 5.74) is 5.69. The van der Waals surface area contributed by atoms with Crippen LogP contribution in [0.4, 0.5) is 0 Å². The summed E-state index contributed by atoms with van der Waals surface area (Å²) < 4.78 is 5.29. The van der Waals surface area contributed by atoms with Gasteiger partial charge in [-0.2, -0.15) is 0 Å². The second-order valence-corrected chi connectivity index (χ2v) is 5.94. The molecule has 106 valence electrons. The first-order chi connectivity index (χ1) is 8.41. The number of carbonyl (C=O) groups is 1. The van der Waals surface area contributed by atoms with Gasteiger partial charge in [0.25, 0.3) is 0 Å². The summed E-state index contributed by atoms with van der Waals surface area (Å²) in [5.74, 6) is -0.0514. The molecule has 0 aliphatic carbocycles. The molecular formula is C13H27N3O2. The highest BCUT2D eigenvalue weighted by atomic mass is 16.5. The number of hydrogen-bond donors (Lipinski definition) is 2. The maximum atomic E-state index is 11.8. The molecule has 18 heavy (non-hydrogen) atoms. The van der Waals surface area contributed by atoms with E-state index in [9.17, 15) is 4.79 Å². The van der Waals surface area contributed by atoms with Crippen molar-refractivity contribution in [1.82, 2.24) is 10.2 Å². The fourth-order valence-corrected chi connectivity index (χ4v) is 1.84. The lowest BCUT2D eigenvalue weighted by atomic mass is 9.87. The second kappa shape index (κ2) is 7.07. The van der Waals surface area contributed by atoms with Gasteiger partial charge in [-0.15, -0.1) is 0 Å². The predicted octanol–water partition coefficient (Wildman–Crippen LogP) is 0.198. The van der Waals surface area contributed by atoms with Crippen molar-refractivity contribution in [2.45, 2.75) is 33.2 Å². The van der Waals surface area contributed by atoms with Gasteiger partial charge in [-0.3, -0.25) is 9.69 Å². The van der Waals surface area contributed by atoms with Crippen molar-refractivity contribution in [3.63, 3.8) is 0 Å². The number of morpholine rings is 1. The number of nitrogens with one attached hydrogen (secondary N) is 1. The van der Waals surface area contributed by atoms with Crippen LogP contribution in [0.2, 0.25) is 0 Å². The fourth-order valence-electron chi connectivity index (χ4n) is 1.84. The van der Waals surface area contributed by atoms with E-state index in [0.717, 1.165) is 39.3 Å². The van der Waals surface area contributed by atoms with Gasteiger partial charge in [-0.1, -0.05) is 20.8 Å². The summed E-state index contributed by atoms with van der Waals surface area (Å²) in [6.45, 7) is 11.3. The Kier molecular flexibility index (Phi) is 6.05. The minimum absolute atomic E-state index is 0.0514. The zero-order valence-corrected chi connectivity index (χ0v) is 11.9. The highest BCUT2D eigenvalue weighted by molar-refractivity contribution is 5.82. The average molecular weight is 257 g/mol. The topological polar surface area (TPSA) is 67.6 Å². The number of amides is 1. The minimum atomic E-state index is -0.444. The molecule has 3 N–H and O–H groups in total. The molecule has 1 saturated heterocycles. The van der Waals surface area contributed by atoms with Gasteiger partial charge >= 0.3 is 0 Å². The van der Waals surface area contributed by atoms with Gasteiger partial charge in [0.2, 0.25) is 5.91 Å². The number of ether oxygens (including phenoxy) is 1. The zero-order chi connectivity index (χ0) is 13.6. The molecule has 1 heterocycles. The van der Waals surface area contributed by atoms with Gasteiger partial charge in [0.15, 0.2) is 0 Å². The van der Waals surface area contributed by atoms with Crippen molar-refractivity contribution < 1.29 is 9.53 Å². The largest absolute Gasteiger partial charge is 0.379 e. The molecule has 0 bridgehead atoms. The Morgan fingerprint density at radius 3 is 2.56 bits per heavy atom. The van der Waals surface area contributed by atoms with E-state index in [4.69, 9.17) is 10.5 Å². The Hall–Kier alpha value is -0.650. The van der Waals surface area contributed by atoms with E-state index in [1.54, 1.807) is 0 Å². The molecule has 0 aromatic heterocycles. The van der Waals surface area contributed by atoms with E-state index >= 15 is 0 Å². The molecule has 0 aromatic carbocycles. The summed E-state index contributed by atoms with van der Waals surface area (Å²) >= 11 is 0. The maximum absolute atomic E-state index is 11.8. The van der Waals surface area contributed by atoms with E-state index in [1.807, 2.05) is 20.8 Å². The fraction of sp³-hybridized carbons (Fsp3) is 0.923. The van der Waals surface area contributed by atoms with Crippen LogP contribution in [0.3, 0.4) is 0 Å². The molecule has 0 radical (unpaired) electrons. The standard InChI is InChI=1S/C13H27N3O2/c1-13(2,3)11(14)12(17)15-5-4-6-16-7-9-18-10-8-16/h11H,4-10,14H2,1-3H3,(H,15,17). The molecule has 0 spiro atoms. The van der Waals surface area contributed by atoms with Crippen LogP contribution in [0, 0.1) is 5.41 Å². The van der Waals surface area contributed by atoms with Gasteiger partial charge in [-0.05, 0) is 18.4 Å². The summed E-state index contributed by atoms with van der Waals surface area (Å²) in [7, 11) is 0. The SMILES string of the molecule is CC(C)(C)C(N)C(=O)NCCCN1CCOCC1. The third-order valence-corrected chi connectivity index (χ3v) is 3.27. The molecule has 5 heteroatoms. The number of hydrogen-bond acceptors (Lipinski definition) is 4. The van der Waals surface area contributed by atoms with Crippen molar-refractivity contribution in [1.29, 1.82) is 0 Å². The molecule has 1 rings (SSSR count). The number of carbonyl (C=O) groups excluding carboxylic acids is 1. The highest BCUT2D eigenvalue weighted by Gasteiger charge is 2.26. The lowest BCUT2D eigenvalue weighted by Gasteiger charge is -2.27. The summed E-state index contributed by atoms with van der Waals surface area (Å²) in [4.78, 5) is 14.1. The van der Waals surface area contributed by atoms with Crippen molar-refractivity contribution in [2.75, 3.05) is 39.4 Å². The molecule has 0 aromatic rings. The average Bonchev–Trinajstić information content (AvgIpc) is 2.33. The number of nitrogens with two attached hydrogens (primary N) is 1. The van der Waals surface area contributed by atoms with E-state index in [2.05, 4.69) is 10.2 Å². The molecule has 1 aliphatic heterocycles. The maximum Gasteiger partial charge on any atom is 0.237 e. The smallest absolute Gasteiger partial charge is 0.237 e. The molecule has 1 amide bonds. The Labute approximate surface area is 110 Å². The van der Waals surface area contributed by atoms with Crippen LogP contribution < -0.4 is 11.1 Å². The first-order valence-corrected chi connectivity index (χ1v) is 6.74. The van der Waals surface area contributed by atoms with E-state index in [1.165, 1.54) is 0 Å². The van der Waals surface area contributed by atoms with E-state index < -0.39 is 6.04 Å². The quantitative estimate of drug-likeness (QED) is 0.690. The molecule has 5 nitrogen and oxygen atoms in total. The molecule has 1 atom stereocenters. The number of rotatable bonds is 5. The van der Waals surface area contributed by atoms with E-state index in [0.29, 0.717) is 6.54 Å². The van der Waals surface area contributed by atoms with Crippen molar-refractivity contribution >= 4 is 5.91 Å². The molecule has 0 saturated carbocycles. The first-order valence-electron chi connectivity index (χ1n) is 6.74. The van der Waals surface area contributed by atoms with Gasteiger partial charge in [0, 0.05) is 19.6 Å². The summed E-state index contributed by atoms with van der Waals surface area (Å²) in [6, 6.07) is -0.444. The molecule has 1 aliphatic rings. The van der Waals surface area contributed by atoms with Crippen LogP contribution >= 0.6 is 0 Å². The van der Waals surface area contributed by atoms with Gasteiger partial charge < -0.3 is 15.8 Å². The first kappa shape index (κ1) is 15.4. The van der Waals surface area contributed by atoms with Gasteiger partial charge in [0.05, 0.1) is 19.3 Å². The van der Waals surface area contributed by atoms with Crippen LogP contribution in [0.5, 0.6) is 0 Å². The Bertz CT molecular complexity index is 257. The number of nitrogens with zero attached hydrogens (tertiary/aromatic N) is 1. The summed E-state index contributed by atoms with van der Waals surface area (Å²) in [5, 5.41) is 2.91. The molecular weight excluding hydrogens is 230 g/mol. The third-order valence-electron chi connectivity index (χ3n) is 3.27. The van der Waals surface area contributed by atoms with E-state index in [-0.39, 0.29) is 11.3 Å². The third kappa shape index (κ3) is 5.33.